The zero-order valence-electron chi connectivity index (χ0n) is 15.3. The van der Waals surface area contributed by atoms with Gasteiger partial charge in [-0.3, -0.25) is 4.79 Å². The van der Waals surface area contributed by atoms with Crippen LogP contribution in [0.5, 0.6) is 0 Å². The molecule has 0 saturated heterocycles. The standard InChI is InChI=1S/C18H27N5OS/c1-13(2)10-16(15-8-6-5-7-9-15)19-17(24)12-25-18-20-21-22-23(18)11-14(3)4/h5-9,13-14,16H,10-12H2,1-4H3,(H,19,24). The highest BCUT2D eigenvalue weighted by molar-refractivity contribution is 7.99. The summed E-state index contributed by atoms with van der Waals surface area (Å²) in [7, 11) is 0. The van der Waals surface area contributed by atoms with Crippen molar-refractivity contribution in [2.45, 2.75) is 51.9 Å². The van der Waals surface area contributed by atoms with Crippen LogP contribution in [-0.4, -0.2) is 31.9 Å². The van der Waals surface area contributed by atoms with Crippen molar-refractivity contribution >= 4 is 17.7 Å². The van der Waals surface area contributed by atoms with Gasteiger partial charge in [0.25, 0.3) is 0 Å². The first-order valence-electron chi connectivity index (χ1n) is 8.69. The second kappa shape index (κ2) is 9.56. The van der Waals surface area contributed by atoms with Crippen LogP contribution in [0.1, 0.15) is 45.7 Å². The van der Waals surface area contributed by atoms with E-state index in [4.69, 9.17) is 0 Å². The molecular formula is C18H27N5OS. The normalized spacial score (nSPS) is 12.6. The smallest absolute Gasteiger partial charge is 0.230 e. The summed E-state index contributed by atoms with van der Waals surface area (Å²) in [6.45, 7) is 9.29. The van der Waals surface area contributed by atoms with Crippen molar-refractivity contribution in [1.82, 2.24) is 25.5 Å². The van der Waals surface area contributed by atoms with Crippen LogP contribution >= 0.6 is 11.8 Å². The van der Waals surface area contributed by atoms with Crippen molar-refractivity contribution in [3.8, 4) is 0 Å². The van der Waals surface area contributed by atoms with Crippen molar-refractivity contribution in [2.24, 2.45) is 11.8 Å². The van der Waals surface area contributed by atoms with E-state index in [1.54, 1.807) is 4.68 Å². The first-order valence-corrected chi connectivity index (χ1v) is 9.67. The van der Waals surface area contributed by atoms with Gasteiger partial charge in [-0.2, -0.15) is 0 Å². The first kappa shape index (κ1) is 19.4. The summed E-state index contributed by atoms with van der Waals surface area (Å²) in [6.07, 6.45) is 0.908. The summed E-state index contributed by atoms with van der Waals surface area (Å²) in [5.41, 5.74) is 1.14. The van der Waals surface area contributed by atoms with Crippen LogP contribution in [0.2, 0.25) is 0 Å². The summed E-state index contributed by atoms with van der Waals surface area (Å²) in [5, 5.41) is 15.5. The van der Waals surface area contributed by atoms with Crippen LogP contribution in [0.15, 0.2) is 35.5 Å². The minimum absolute atomic E-state index is 0.00130. The molecule has 0 spiro atoms. The molecule has 1 aromatic carbocycles. The van der Waals surface area contributed by atoms with E-state index >= 15 is 0 Å². The zero-order valence-corrected chi connectivity index (χ0v) is 16.2. The molecule has 0 bridgehead atoms. The molecule has 136 valence electrons. The number of tetrazole rings is 1. The first-order chi connectivity index (χ1) is 12.0. The number of rotatable bonds is 9. The minimum Gasteiger partial charge on any atom is -0.349 e. The highest BCUT2D eigenvalue weighted by Crippen LogP contribution is 2.22. The van der Waals surface area contributed by atoms with Crippen molar-refractivity contribution in [2.75, 3.05) is 5.75 Å². The van der Waals surface area contributed by atoms with Gasteiger partial charge in [0.05, 0.1) is 11.8 Å². The number of carbonyl (C=O) groups is 1. The third-order valence-electron chi connectivity index (χ3n) is 3.61. The summed E-state index contributed by atoms with van der Waals surface area (Å²) in [6, 6.07) is 10.1. The Morgan fingerprint density at radius 2 is 1.88 bits per heavy atom. The largest absolute Gasteiger partial charge is 0.349 e. The van der Waals surface area contributed by atoms with Crippen molar-refractivity contribution < 1.29 is 4.79 Å². The van der Waals surface area contributed by atoms with Gasteiger partial charge in [-0.15, -0.1) is 5.10 Å². The molecule has 1 N–H and O–H groups in total. The van der Waals surface area contributed by atoms with Crippen molar-refractivity contribution in [3.63, 3.8) is 0 Å². The highest BCUT2D eigenvalue weighted by atomic mass is 32.2. The summed E-state index contributed by atoms with van der Waals surface area (Å²) in [4.78, 5) is 12.4. The van der Waals surface area contributed by atoms with Gasteiger partial charge in [0.2, 0.25) is 11.1 Å². The molecule has 0 fully saturated rings. The van der Waals surface area contributed by atoms with Crippen LogP contribution in [0.25, 0.3) is 0 Å². The van der Waals surface area contributed by atoms with Gasteiger partial charge in [0.15, 0.2) is 0 Å². The summed E-state index contributed by atoms with van der Waals surface area (Å²) < 4.78 is 1.76. The number of amides is 1. The maximum absolute atomic E-state index is 12.4. The molecule has 7 heteroatoms. The molecule has 0 aliphatic carbocycles. The Bertz CT molecular complexity index is 656. The Kier molecular flexibility index (Phi) is 7.43. The number of hydrogen-bond acceptors (Lipinski definition) is 5. The molecule has 2 rings (SSSR count). The maximum atomic E-state index is 12.4. The van der Waals surface area contributed by atoms with E-state index in [0.717, 1.165) is 18.5 Å². The van der Waals surface area contributed by atoms with Crippen LogP contribution < -0.4 is 5.32 Å². The van der Waals surface area contributed by atoms with Crippen LogP contribution in [-0.2, 0) is 11.3 Å². The maximum Gasteiger partial charge on any atom is 0.230 e. The lowest BCUT2D eigenvalue weighted by Gasteiger charge is -2.21. The van der Waals surface area contributed by atoms with E-state index in [1.807, 2.05) is 18.2 Å². The van der Waals surface area contributed by atoms with Gasteiger partial charge < -0.3 is 5.32 Å². The number of carbonyl (C=O) groups excluding carboxylic acids is 1. The predicted molar refractivity (Wildman–Crippen MR) is 100 cm³/mol. The number of aromatic nitrogens is 4. The lowest BCUT2D eigenvalue weighted by molar-refractivity contribution is -0.119. The SMILES string of the molecule is CC(C)CC(NC(=O)CSc1nnnn1CC(C)C)c1ccccc1. The van der Waals surface area contributed by atoms with Crippen LogP contribution in [0.4, 0.5) is 0 Å². The molecule has 1 amide bonds. The van der Waals surface area contributed by atoms with E-state index in [1.165, 1.54) is 11.8 Å². The molecule has 1 heterocycles. The summed E-state index contributed by atoms with van der Waals surface area (Å²) in [5.74, 6) is 1.25. The van der Waals surface area contributed by atoms with Gasteiger partial charge >= 0.3 is 0 Å². The summed E-state index contributed by atoms with van der Waals surface area (Å²) >= 11 is 1.37. The van der Waals surface area contributed by atoms with Crippen molar-refractivity contribution in [3.05, 3.63) is 35.9 Å². The molecule has 0 aliphatic heterocycles. The minimum atomic E-state index is -0.00130. The Labute approximate surface area is 153 Å². The van der Waals surface area contributed by atoms with Gasteiger partial charge in [-0.25, -0.2) is 4.68 Å². The average Bonchev–Trinajstić information content (AvgIpc) is 2.99. The molecule has 25 heavy (non-hydrogen) atoms. The number of nitrogens with one attached hydrogen (secondary N) is 1. The topological polar surface area (TPSA) is 72.7 Å². The molecule has 0 aliphatic rings. The number of thioether (sulfide) groups is 1. The molecular weight excluding hydrogens is 334 g/mol. The fourth-order valence-corrected chi connectivity index (χ4v) is 3.26. The van der Waals surface area contributed by atoms with Gasteiger partial charge in [0, 0.05) is 6.54 Å². The second-order valence-electron chi connectivity index (χ2n) is 6.99. The third kappa shape index (κ3) is 6.49. The Hall–Kier alpha value is -1.89. The molecule has 0 radical (unpaired) electrons. The quantitative estimate of drug-likeness (QED) is 0.694. The Morgan fingerprint density at radius 1 is 1.16 bits per heavy atom. The molecule has 0 saturated carbocycles. The van der Waals surface area contributed by atoms with Gasteiger partial charge in [-0.1, -0.05) is 69.8 Å². The molecule has 1 aromatic heterocycles. The Balaban J connectivity index is 1.94. The average molecular weight is 362 g/mol. The molecule has 1 atom stereocenters. The Morgan fingerprint density at radius 3 is 2.52 bits per heavy atom. The van der Waals surface area contributed by atoms with Gasteiger partial charge in [0.1, 0.15) is 0 Å². The lowest BCUT2D eigenvalue weighted by atomic mass is 9.97. The predicted octanol–water partition coefficient (Wildman–Crippen LogP) is 3.32. The molecule has 2 aromatic rings. The van der Waals surface area contributed by atoms with E-state index < -0.39 is 0 Å². The number of benzene rings is 1. The fourth-order valence-electron chi connectivity index (χ4n) is 2.56. The third-order valence-corrected chi connectivity index (χ3v) is 4.57. The van der Waals surface area contributed by atoms with E-state index in [9.17, 15) is 4.79 Å². The lowest BCUT2D eigenvalue weighted by Crippen LogP contribution is -2.31. The molecule has 1 unspecified atom stereocenters. The monoisotopic (exact) mass is 361 g/mol. The second-order valence-corrected chi connectivity index (χ2v) is 7.93. The number of nitrogens with zero attached hydrogens (tertiary/aromatic N) is 4. The van der Waals surface area contributed by atoms with E-state index in [0.29, 0.717) is 22.7 Å². The zero-order chi connectivity index (χ0) is 18.2. The van der Waals surface area contributed by atoms with Gasteiger partial charge in [-0.05, 0) is 34.2 Å². The van der Waals surface area contributed by atoms with Crippen LogP contribution in [0.3, 0.4) is 0 Å². The van der Waals surface area contributed by atoms with Crippen molar-refractivity contribution in [1.29, 1.82) is 0 Å². The fraction of sp³-hybridized carbons (Fsp3) is 0.556. The van der Waals surface area contributed by atoms with Crippen LogP contribution in [0, 0.1) is 11.8 Å². The number of hydrogen-bond donors (Lipinski definition) is 1. The van der Waals surface area contributed by atoms with E-state index in [-0.39, 0.29) is 11.9 Å². The highest BCUT2D eigenvalue weighted by Gasteiger charge is 2.17. The molecule has 6 nitrogen and oxygen atoms in total. The van der Waals surface area contributed by atoms with E-state index in [2.05, 4.69) is 60.7 Å².